The van der Waals surface area contributed by atoms with Crippen molar-refractivity contribution in [2.24, 2.45) is 0 Å². The molecule has 0 amide bonds. The van der Waals surface area contributed by atoms with Gasteiger partial charge in [-0.05, 0) is 12.8 Å². The Balaban J connectivity index is -0.00000200. The number of rotatable bonds is 14. The fourth-order valence-corrected chi connectivity index (χ4v) is 4.92. The summed E-state index contributed by atoms with van der Waals surface area (Å²) in [7, 11) is -8.75. The monoisotopic (exact) mass is 554 g/mol. The van der Waals surface area contributed by atoms with E-state index in [1.165, 1.54) is 0 Å². The number of hydrogen-bond donors (Lipinski definition) is 1. The average Bonchev–Trinajstić information content (AvgIpc) is 2.36. The molecule has 0 saturated heterocycles. The van der Waals surface area contributed by atoms with Crippen molar-refractivity contribution >= 4 is 15.2 Å². The molecule has 0 aromatic rings. The van der Waals surface area contributed by atoms with Gasteiger partial charge >= 0.3 is 21.1 Å². The van der Waals surface area contributed by atoms with Crippen LogP contribution in [-0.4, -0.2) is 19.1 Å². The normalized spacial score (nSPS) is 15.8. The summed E-state index contributed by atoms with van der Waals surface area (Å²) < 4.78 is 32.5. The summed E-state index contributed by atoms with van der Waals surface area (Å²) in [5.74, 6) is -1.05. The molecule has 0 saturated carbocycles. The van der Waals surface area contributed by atoms with Gasteiger partial charge in [0.2, 0.25) is 0 Å². The van der Waals surface area contributed by atoms with Crippen molar-refractivity contribution in [3.8, 4) is 0 Å². The van der Waals surface area contributed by atoms with Crippen molar-refractivity contribution in [2.75, 3.05) is 19.1 Å². The SMILES string of the molecule is CCCCCCOP(=O)([O-])CP(=O)([O-])OCCCCCC.N.[Pt+2]. The van der Waals surface area contributed by atoms with Gasteiger partial charge in [-0.2, -0.15) is 0 Å². The summed E-state index contributed by atoms with van der Waals surface area (Å²) in [6.45, 7) is 4.17. The first kappa shape index (κ1) is 28.7. The van der Waals surface area contributed by atoms with E-state index in [4.69, 9.17) is 9.05 Å². The molecular weight excluding hydrogens is 523 g/mol. The molecular formula is C13H31NO6P2Pt. The molecule has 0 aromatic heterocycles. The van der Waals surface area contributed by atoms with Crippen LogP contribution in [0.15, 0.2) is 0 Å². The maximum absolute atomic E-state index is 11.6. The molecule has 3 N–H and O–H groups in total. The van der Waals surface area contributed by atoms with Crippen molar-refractivity contribution in [1.82, 2.24) is 6.15 Å². The number of unbranched alkanes of at least 4 members (excludes halogenated alkanes) is 6. The summed E-state index contributed by atoms with van der Waals surface area (Å²) in [5.41, 5.74) is 0. The van der Waals surface area contributed by atoms with Crippen molar-refractivity contribution in [2.45, 2.75) is 65.2 Å². The maximum atomic E-state index is 11.6. The summed E-state index contributed by atoms with van der Waals surface area (Å²) >= 11 is 0. The molecule has 0 heterocycles. The predicted octanol–water partition coefficient (Wildman–Crippen LogP) is 3.40. The largest absolute Gasteiger partial charge is 2.00 e. The van der Waals surface area contributed by atoms with Crippen LogP contribution in [0, 0.1) is 0 Å². The van der Waals surface area contributed by atoms with Crippen LogP contribution in [0.3, 0.4) is 0 Å². The molecule has 2 unspecified atom stereocenters. The molecule has 0 aliphatic heterocycles. The summed E-state index contributed by atoms with van der Waals surface area (Å²) in [6, 6.07) is 0. The van der Waals surface area contributed by atoms with E-state index in [1.54, 1.807) is 0 Å². The second-order valence-corrected chi connectivity index (χ2v) is 9.24. The Labute approximate surface area is 154 Å². The topological polar surface area (TPSA) is 134 Å². The van der Waals surface area contributed by atoms with Crippen LogP contribution in [0.25, 0.3) is 0 Å². The van der Waals surface area contributed by atoms with Gasteiger partial charge in [-0.25, -0.2) is 0 Å². The van der Waals surface area contributed by atoms with Gasteiger partial charge in [-0.3, -0.25) is 0 Å². The number of hydrogen-bond acceptors (Lipinski definition) is 7. The maximum Gasteiger partial charge on any atom is 2.00 e. The molecule has 0 aliphatic rings. The van der Waals surface area contributed by atoms with E-state index < -0.39 is 21.1 Å². The van der Waals surface area contributed by atoms with Crippen LogP contribution in [0.2, 0.25) is 0 Å². The molecule has 0 rings (SSSR count). The summed E-state index contributed by atoms with van der Waals surface area (Å²) in [4.78, 5) is 23.1. The predicted molar refractivity (Wildman–Crippen MR) is 85.3 cm³/mol. The first-order valence-electron chi connectivity index (χ1n) is 7.72. The van der Waals surface area contributed by atoms with Crippen molar-refractivity contribution in [3.05, 3.63) is 0 Å². The van der Waals surface area contributed by atoms with Gasteiger partial charge in [0.25, 0.3) is 0 Å². The molecule has 2 atom stereocenters. The zero-order chi connectivity index (χ0) is 16.2. The Hall–Kier alpha value is 0.948. The minimum absolute atomic E-state index is 0. The van der Waals surface area contributed by atoms with Crippen LogP contribution in [0.4, 0.5) is 0 Å². The zero-order valence-electron chi connectivity index (χ0n) is 14.1. The van der Waals surface area contributed by atoms with Crippen LogP contribution < -0.4 is 15.9 Å². The van der Waals surface area contributed by atoms with Gasteiger partial charge < -0.3 is 34.1 Å². The minimum atomic E-state index is -4.37. The molecule has 0 bridgehead atoms. The second-order valence-electron chi connectivity index (χ2n) is 5.15. The molecule has 144 valence electrons. The second kappa shape index (κ2) is 16.4. The van der Waals surface area contributed by atoms with Crippen LogP contribution in [0.5, 0.6) is 0 Å². The fourth-order valence-electron chi connectivity index (χ4n) is 1.76. The summed E-state index contributed by atoms with van der Waals surface area (Å²) in [5, 5.41) is 0. The van der Waals surface area contributed by atoms with E-state index in [0.29, 0.717) is 12.8 Å². The van der Waals surface area contributed by atoms with Crippen molar-refractivity contribution in [3.63, 3.8) is 0 Å². The third kappa shape index (κ3) is 19.1. The van der Waals surface area contributed by atoms with E-state index in [1.807, 2.05) is 13.8 Å². The molecule has 23 heavy (non-hydrogen) atoms. The van der Waals surface area contributed by atoms with Gasteiger partial charge in [0.15, 0.2) is 0 Å². The minimum Gasteiger partial charge on any atom is -0.778 e. The Kier molecular flexibility index (Phi) is 20.5. The molecule has 0 aromatic carbocycles. The third-order valence-corrected chi connectivity index (χ3v) is 6.84. The average molecular weight is 554 g/mol. The van der Waals surface area contributed by atoms with Crippen molar-refractivity contribution < 1.29 is 49.0 Å². The Morgan fingerprint density at radius 1 is 0.739 bits per heavy atom. The first-order chi connectivity index (χ1) is 9.83. The van der Waals surface area contributed by atoms with E-state index in [9.17, 15) is 18.9 Å². The van der Waals surface area contributed by atoms with E-state index in [2.05, 4.69) is 0 Å². The summed E-state index contributed by atoms with van der Waals surface area (Å²) in [6.07, 6.45) is 7.06. The molecule has 0 radical (unpaired) electrons. The smallest absolute Gasteiger partial charge is 0.778 e. The Morgan fingerprint density at radius 3 is 1.39 bits per heavy atom. The van der Waals surface area contributed by atoms with Gasteiger partial charge in [0.1, 0.15) is 15.2 Å². The van der Waals surface area contributed by atoms with Crippen LogP contribution in [-0.2, 0) is 39.2 Å². The van der Waals surface area contributed by atoms with E-state index >= 15 is 0 Å². The van der Waals surface area contributed by atoms with Gasteiger partial charge in [0, 0.05) is 0 Å². The molecule has 0 spiro atoms. The molecule has 0 aliphatic carbocycles. The van der Waals surface area contributed by atoms with E-state index in [-0.39, 0.29) is 40.4 Å². The Morgan fingerprint density at radius 2 is 1.09 bits per heavy atom. The molecule has 10 heteroatoms. The first-order valence-corrected chi connectivity index (χ1v) is 11.2. The quantitative estimate of drug-likeness (QED) is 0.257. The van der Waals surface area contributed by atoms with Gasteiger partial charge in [0.05, 0.1) is 19.1 Å². The van der Waals surface area contributed by atoms with E-state index in [0.717, 1.165) is 38.5 Å². The standard InChI is InChI=1S/C13H30O6P2.H3N.Pt/c1-3-5-7-9-11-18-20(14,15)13-21(16,17)19-12-10-8-6-4-2;;/h3-13H2,1-2H3,(H,14,15)(H,16,17);1H3;/q;;+2/p-2. The fraction of sp³-hybridized carbons (Fsp3) is 1.00. The van der Waals surface area contributed by atoms with Crippen LogP contribution in [0.1, 0.15) is 65.2 Å². The third-order valence-electron chi connectivity index (χ3n) is 2.92. The van der Waals surface area contributed by atoms with Crippen molar-refractivity contribution in [1.29, 1.82) is 0 Å². The van der Waals surface area contributed by atoms with Gasteiger partial charge in [-0.15, -0.1) is 0 Å². The molecule has 0 fully saturated rings. The van der Waals surface area contributed by atoms with Crippen LogP contribution >= 0.6 is 15.2 Å². The zero-order valence-corrected chi connectivity index (χ0v) is 18.2. The molecule has 7 nitrogen and oxygen atoms in total. The Bertz CT molecular complexity index is 327. The van der Waals surface area contributed by atoms with Gasteiger partial charge in [-0.1, -0.05) is 52.4 Å².